The average molecular weight is 357 g/mol. The molecule has 0 atom stereocenters. The largest absolute Gasteiger partial charge is 0.493 e. The Balaban J connectivity index is 1.84. The van der Waals surface area contributed by atoms with Gasteiger partial charge in [0, 0.05) is 27.0 Å². The summed E-state index contributed by atoms with van der Waals surface area (Å²) in [5.41, 5.74) is 2.43. The molecular formula is C17H10Cl2N4O. The highest BCUT2D eigenvalue weighted by Gasteiger charge is 2.11. The van der Waals surface area contributed by atoms with E-state index in [9.17, 15) is 5.11 Å². The van der Waals surface area contributed by atoms with E-state index in [1.54, 1.807) is 42.6 Å². The molecule has 7 heteroatoms. The Hall–Kier alpha value is -2.63. The van der Waals surface area contributed by atoms with Gasteiger partial charge in [-0.25, -0.2) is 0 Å². The quantitative estimate of drug-likeness (QED) is 0.423. The van der Waals surface area contributed by atoms with E-state index >= 15 is 0 Å². The molecule has 0 aliphatic rings. The van der Waals surface area contributed by atoms with Crippen molar-refractivity contribution in [2.75, 3.05) is 0 Å². The number of halogens is 2. The predicted octanol–water partition coefficient (Wildman–Crippen LogP) is 6.14. The number of rotatable bonds is 2. The summed E-state index contributed by atoms with van der Waals surface area (Å²) in [6.45, 7) is 0. The van der Waals surface area contributed by atoms with Crippen molar-refractivity contribution in [1.29, 1.82) is 0 Å². The van der Waals surface area contributed by atoms with E-state index in [4.69, 9.17) is 23.2 Å². The van der Waals surface area contributed by atoms with Crippen LogP contribution in [0.5, 0.6) is 5.88 Å². The number of aromatic hydroxyl groups is 1. The summed E-state index contributed by atoms with van der Waals surface area (Å²) in [5.74, 6) is -0.0579. The Morgan fingerprint density at radius 3 is 2.58 bits per heavy atom. The standard InChI is InChI=1S/C17H10Cl2N4O/c18-9-2-4-13-12(7-9)16(17(24)21-13)23-22-14-5-6-20-15-8-10(19)1-3-11(14)15/h1-8,21,24H. The zero-order valence-corrected chi connectivity index (χ0v) is 13.7. The van der Waals surface area contributed by atoms with Crippen LogP contribution in [-0.4, -0.2) is 15.1 Å². The number of pyridine rings is 1. The van der Waals surface area contributed by atoms with Crippen LogP contribution in [0.1, 0.15) is 0 Å². The van der Waals surface area contributed by atoms with E-state index in [1.165, 1.54) is 0 Å². The summed E-state index contributed by atoms with van der Waals surface area (Å²) in [6.07, 6.45) is 1.64. The number of fused-ring (bicyclic) bond motifs is 2. The first-order valence-electron chi connectivity index (χ1n) is 7.08. The first-order valence-corrected chi connectivity index (χ1v) is 7.83. The molecule has 0 saturated heterocycles. The van der Waals surface area contributed by atoms with Crippen molar-refractivity contribution in [1.82, 2.24) is 9.97 Å². The lowest BCUT2D eigenvalue weighted by molar-refractivity contribution is 0.459. The van der Waals surface area contributed by atoms with Crippen LogP contribution < -0.4 is 0 Å². The molecular weight excluding hydrogens is 347 g/mol. The van der Waals surface area contributed by atoms with Crippen LogP contribution in [0.3, 0.4) is 0 Å². The van der Waals surface area contributed by atoms with Crippen molar-refractivity contribution < 1.29 is 5.11 Å². The van der Waals surface area contributed by atoms with Crippen LogP contribution in [0.4, 0.5) is 11.4 Å². The van der Waals surface area contributed by atoms with Crippen LogP contribution in [0.25, 0.3) is 21.8 Å². The zero-order valence-electron chi connectivity index (χ0n) is 12.2. The highest BCUT2D eigenvalue weighted by atomic mass is 35.5. The maximum atomic E-state index is 10.1. The second kappa shape index (κ2) is 5.78. The van der Waals surface area contributed by atoms with Crippen LogP contribution in [-0.2, 0) is 0 Å². The van der Waals surface area contributed by atoms with Crippen LogP contribution in [0.15, 0.2) is 58.9 Å². The van der Waals surface area contributed by atoms with Gasteiger partial charge in [-0.15, -0.1) is 10.2 Å². The number of aromatic amines is 1. The van der Waals surface area contributed by atoms with Gasteiger partial charge in [-0.2, -0.15) is 0 Å². The fraction of sp³-hybridized carbons (Fsp3) is 0. The zero-order chi connectivity index (χ0) is 16.7. The first-order chi connectivity index (χ1) is 11.6. The van der Waals surface area contributed by atoms with Gasteiger partial charge in [-0.05, 0) is 42.5 Å². The van der Waals surface area contributed by atoms with Gasteiger partial charge < -0.3 is 10.1 Å². The number of hydrogen-bond donors (Lipinski definition) is 2. The van der Waals surface area contributed by atoms with Crippen molar-refractivity contribution in [2.24, 2.45) is 10.2 Å². The van der Waals surface area contributed by atoms with E-state index in [0.29, 0.717) is 26.8 Å². The highest BCUT2D eigenvalue weighted by Crippen LogP contribution is 2.38. The van der Waals surface area contributed by atoms with Crippen molar-refractivity contribution in [2.45, 2.75) is 0 Å². The summed E-state index contributed by atoms with van der Waals surface area (Å²) in [5, 5.41) is 21.2. The van der Waals surface area contributed by atoms with E-state index in [2.05, 4.69) is 20.2 Å². The third kappa shape index (κ3) is 2.58. The minimum atomic E-state index is -0.0579. The van der Waals surface area contributed by atoms with Crippen molar-refractivity contribution >= 4 is 56.4 Å². The fourth-order valence-electron chi connectivity index (χ4n) is 2.53. The summed E-state index contributed by atoms with van der Waals surface area (Å²) >= 11 is 12.0. The topological polar surface area (TPSA) is 73.6 Å². The number of aromatic nitrogens is 2. The molecule has 2 aromatic carbocycles. The fourth-order valence-corrected chi connectivity index (χ4v) is 2.87. The molecule has 118 valence electrons. The SMILES string of the molecule is Oc1[nH]c2ccc(Cl)cc2c1N=Nc1ccnc2cc(Cl)ccc12. The monoisotopic (exact) mass is 356 g/mol. The first kappa shape index (κ1) is 14.9. The molecule has 0 spiro atoms. The lowest BCUT2D eigenvalue weighted by Crippen LogP contribution is -1.78. The van der Waals surface area contributed by atoms with Gasteiger partial charge in [0.25, 0.3) is 0 Å². The molecule has 4 aromatic rings. The van der Waals surface area contributed by atoms with Crippen molar-refractivity contribution in [3.8, 4) is 5.88 Å². The molecule has 0 aliphatic carbocycles. The minimum absolute atomic E-state index is 0.0579. The predicted molar refractivity (Wildman–Crippen MR) is 95.9 cm³/mol. The molecule has 0 unspecified atom stereocenters. The second-order valence-corrected chi connectivity index (χ2v) is 6.08. The minimum Gasteiger partial charge on any atom is -0.493 e. The molecule has 0 fully saturated rings. The number of H-pyrrole nitrogens is 1. The molecule has 5 nitrogen and oxygen atoms in total. The second-order valence-electron chi connectivity index (χ2n) is 5.20. The van der Waals surface area contributed by atoms with Gasteiger partial charge in [-0.3, -0.25) is 4.98 Å². The van der Waals surface area contributed by atoms with Crippen molar-refractivity contribution in [3.63, 3.8) is 0 Å². The molecule has 0 amide bonds. The summed E-state index contributed by atoms with van der Waals surface area (Å²) in [4.78, 5) is 7.12. The third-order valence-electron chi connectivity index (χ3n) is 3.65. The van der Waals surface area contributed by atoms with Crippen molar-refractivity contribution in [3.05, 3.63) is 58.7 Å². The van der Waals surface area contributed by atoms with Gasteiger partial charge in [0.1, 0.15) is 0 Å². The molecule has 4 rings (SSSR count). The molecule has 0 radical (unpaired) electrons. The summed E-state index contributed by atoms with van der Waals surface area (Å²) in [7, 11) is 0. The van der Waals surface area contributed by atoms with Crippen LogP contribution in [0.2, 0.25) is 10.0 Å². The molecule has 0 aliphatic heterocycles. The van der Waals surface area contributed by atoms with Crippen LogP contribution in [0, 0.1) is 0 Å². The van der Waals surface area contributed by atoms with E-state index in [0.717, 1.165) is 16.4 Å². The molecule has 2 N–H and O–H groups in total. The summed E-state index contributed by atoms with van der Waals surface area (Å²) in [6, 6.07) is 12.4. The smallest absolute Gasteiger partial charge is 0.218 e. The van der Waals surface area contributed by atoms with Gasteiger partial charge >= 0.3 is 0 Å². The average Bonchev–Trinajstić information content (AvgIpc) is 2.87. The molecule has 2 aromatic heterocycles. The van der Waals surface area contributed by atoms with Gasteiger partial charge in [0.2, 0.25) is 5.88 Å². The Labute approximate surface area is 146 Å². The summed E-state index contributed by atoms with van der Waals surface area (Å²) < 4.78 is 0. The Bertz CT molecular complexity index is 1100. The normalized spacial score (nSPS) is 11.8. The molecule has 0 bridgehead atoms. The molecule has 2 heterocycles. The van der Waals surface area contributed by atoms with E-state index in [-0.39, 0.29) is 5.88 Å². The Kier molecular flexibility index (Phi) is 3.59. The third-order valence-corrected chi connectivity index (χ3v) is 4.12. The van der Waals surface area contributed by atoms with E-state index < -0.39 is 0 Å². The molecule has 0 saturated carbocycles. The number of nitrogens with zero attached hydrogens (tertiary/aromatic N) is 3. The van der Waals surface area contributed by atoms with Gasteiger partial charge in [0.05, 0.1) is 16.7 Å². The highest BCUT2D eigenvalue weighted by molar-refractivity contribution is 6.31. The van der Waals surface area contributed by atoms with Gasteiger partial charge in [0.15, 0.2) is 5.69 Å². The Morgan fingerprint density at radius 2 is 1.71 bits per heavy atom. The van der Waals surface area contributed by atoms with Gasteiger partial charge in [-0.1, -0.05) is 23.2 Å². The number of hydrogen-bond acceptors (Lipinski definition) is 4. The maximum Gasteiger partial charge on any atom is 0.218 e. The molecule has 24 heavy (non-hydrogen) atoms. The van der Waals surface area contributed by atoms with Crippen LogP contribution >= 0.6 is 23.2 Å². The van der Waals surface area contributed by atoms with E-state index in [1.807, 2.05) is 6.07 Å². The Morgan fingerprint density at radius 1 is 0.917 bits per heavy atom. The number of azo groups is 1. The maximum absolute atomic E-state index is 10.1. The number of benzene rings is 2. The number of nitrogens with one attached hydrogen (secondary N) is 1. The lowest BCUT2D eigenvalue weighted by atomic mass is 10.2. The lowest BCUT2D eigenvalue weighted by Gasteiger charge is -2.00.